The zero-order chi connectivity index (χ0) is 11.4. The van der Waals surface area contributed by atoms with Crippen LogP contribution in [0.5, 0.6) is 5.75 Å². The van der Waals surface area contributed by atoms with Crippen molar-refractivity contribution in [2.75, 3.05) is 0 Å². The molecule has 0 saturated carbocycles. The first-order valence-electron chi connectivity index (χ1n) is 4.94. The van der Waals surface area contributed by atoms with Crippen molar-refractivity contribution in [2.45, 2.75) is 13.2 Å². The molecule has 2 rings (SSSR count). The number of halogens is 1. The van der Waals surface area contributed by atoms with Crippen LogP contribution >= 0.6 is 15.9 Å². The van der Waals surface area contributed by atoms with E-state index in [1.165, 1.54) is 0 Å². The van der Waals surface area contributed by atoms with Gasteiger partial charge in [0.1, 0.15) is 18.1 Å². The van der Waals surface area contributed by atoms with E-state index in [4.69, 9.17) is 14.9 Å². The predicted molar refractivity (Wildman–Crippen MR) is 65.1 cm³/mol. The lowest BCUT2D eigenvalue weighted by Crippen LogP contribution is -1.97. The summed E-state index contributed by atoms with van der Waals surface area (Å²) in [5, 5.41) is 0. The van der Waals surface area contributed by atoms with Crippen molar-refractivity contribution in [3.05, 3.63) is 52.4 Å². The first-order valence-corrected chi connectivity index (χ1v) is 5.73. The maximum absolute atomic E-state index is 5.55. The molecule has 0 radical (unpaired) electrons. The summed E-state index contributed by atoms with van der Waals surface area (Å²) >= 11 is 3.24. The highest BCUT2D eigenvalue weighted by molar-refractivity contribution is 9.10. The molecule has 0 atom stereocenters. The Labute approximate surface area is 102 Å². The number of nitrogens with two attached hydrogens (primary N) is 1. The van der Waals surface area contributed by atoms with Gasteiger partial charge in [-0.05, 0) is 45.8 Å². The topological polar surface area (TPSA) is 48.4 Å². The van der Waals surface area contributed by atoms with Gasteiger partial charge in [0.25, 0.3) is 0 Å². The fraction of sp³-hybridized carbons (Fsp3) is 0.167. The minimum absolute atomic E-state index is 0.424. The van der Waals surface area contributed by atoms with Crippen LogP contribution in [0.3, 0.4) is 0 Å². The maximum atomic E-state index is 5.55. The quantitative estimate of drug-likeness (QED) is 0.937. The highest BCUT2D eigenvalue weighted by Gasteiger charge is 2.00. The highest BCUT2D eigenvalue weighted by Crippen LogP contribution is 2.17. The molecule has 0 amide bonds. The van der Waals surface area contributed by atoms with Crippen LogP contribution in [0.4, 0.5) is 0 Å². The fourth-order valence-electron chi connectivity index (χ4n) is 1.31. The van der Waals surface area contributed by atoms with Crippen molar-refractivity contribution in [2.24, 2.45) is 5.73 Å². The van der Waals surface area contributed by atoms with Crippen LogP contribution in [0.25, 0.3) is 0 Å². The number of hydrogen-bond acceptors (Lipinski definition) is 3. The van der Waals surface area contributed by atoms with Crippen LogP contribution in [0, 0.1) is 0 Å². The maximum Gasteiger partial charge on any atom is 0.169 e. The van der Waals surface area contributed by atoms with Gasteiger partial charge in [0.05, 0.1) is 0 Å². The summed E-state index contributed by atoms with van der Waals surface area (Å²) in [5.41, 5.74) is 6.60. The van der Waals surface area contributed by atoms with E-state index in [0.29, 0.717) is 17.8 Å². The van der Waals surface area contributed by atoms with Crippen molar-refractivity contribution in [1.82, 2.24) is 0 Å². The third-order valence-electron chi connectivity index (χ3n) is 2.17. The van der Waals surface area contributed by atoms with Gasteiger partial charge in [-0.15, -0.1) is 0 Å². The zero-order valence-corrected chi connectivity index (χ0v) is 10.2. The number of hydrogen-bond donors (Lipinski definition) is 1. The van der Waals surface area contributed by atoms with Gasteiger partial charge in [0.2, 0.25) is 0 Å². The van der Waals surface area contributed by atoms with E-state index in [2.05, 4.69) is 15.9 Å². The molecular formula is C12H12BrNO2. The molecule has 0 unspecified atom stereocenters. The standard InChI is InChI=1S/C12H12BrNO2/c13-12-6-5-11(16-12)8-15-10-3-1-9(7-14)2-4-10/h1-6H,7-8,14H2. The molecule has 2 aromatic rings. The number of furan rings is 1. The van der Waals surface area contributed by atoms with Crippen LogP contribution in [0.15, 0.2) is 45.5 Å². The summed E-state index contributed by atoms with van der Waals surface area (Å²) in [6, 6.07) is 11.4. The second kappa shape index (κ2) is 5.18. The largest absolute Gasteiger partial charge is 0.486 e. The Hall–Kier alpha value is -1.26. The van der Waals surface area contributed by atoms with Crippen LogP contribution < -0.4 is 10.5 Å². The Morgan fingerprint density at radius 1 is 1.12 bits per heavy atom. The summed E-state index contributed by atoms with van der Waals surface area (Å²) in [4.78, 5) is 0. The summed E-state index contributed by atoms with van der Waals surface area (Å²) in [7, 11) is 0. The minimum Gasteiger partial charge on any atom is -0.486 e. The molecule has 16 heavy (non-hydrogen) atoms. The summed E-state index contributed by atoms with van der Waals surface area (Å²) in [6.07, 6.45) is 0. The number of benzene rings is 1. The second-order valence-electron chi connectivity index (χ2n) is 3.34. The van der Waals surface area contributed by atoms with Gasteiger partial charge in [-0.25, -0.2) is 0 Å². The Morgan fingerprint density at radius 2 is 1.88 bits per heavy atom. The molecule has 1 aromatic heterocycles. The van der Waals surface area contributed by atoms with Gasteiger partial charge in [-0.3, -0.25) is 0 Å². The van der Waals surface area contributed by atoms with E-state index in [9.17, 15) is 0 Å². The van der Waals surface area contributed by atoms with Crippen LogP contribution in [0.1, 0.15) is 11.3 Å². The molecule has 0 saturated heterocycles. The Morgan fingerprint density at radius 3 is 2.44 bits per heavy atom. The monoisotopic (exact) mass is 281 g/mol. The molecular weight excluding hydrogens is 270 g/mol. The van der Waals surface area contributed by atoms with Gasteiger partial charge in [0, 0.05) is 6.54 Å². The molecule has 1 heterocycles. The molecule has 84 valence electrons. The molecule has 0 aliphatic heterocycles. The average molecular weight is 282 g/mol. The number of ether oxygens (including phenoxy) is 1. The average Bonchev–Trinajstić information content (AvgIpc) is 2.73. The van der Waals surface area contributed by atoms with Crippen molar-refractivity contribution < 1.29 is 9.15 Å². The third kappa shape index (κ3) is 2.87. The minimum atomic E-state index is 0.424. The van der Waals surface area contributed by atoms with Gasteiger partial charge in [-0.1, -0.05) is 12.1 Å². The molecule has 1 aromatic carbocycles. The molecule has 0 fully saturated rings. The molecule has 4 heteroatoms. The van der Waals surface area contributed by atoms with Gasteiger partial charge >= 0.3 is 0 Å². The lowest BCUT2D eigenvalue weighted by atomic mass is 10.2. The highest BCUT2D eigenvalue weighted by atomic mass is 79.9. The van der Waals surface area contributed by atoms with E-state index < -0.39 is 0 Å². The molecule has 0 spiro atoms. The van der Waals surface area contributed by atoms with Crippen molar-refractivity contribution >= 4 is 15.9 Å². The molecule has 0 bridgehead atoms. The first-order chi connectivity index (χ1) is 7.78. The van der Waals surface area contributed by atoms with Crippen molar-refractivity contribution in [3.63, 3.8) is 0 Å². The predicted octanol–water partition coefficient (Wildman–Crippen LogP) is 3.08. The van der Waals surface area contributed by atoms with E-state index in [1.807, 2.05) is 36.4 Å². The summed E-state index contributed by atoms with van der Waals surface area (Å²) in [6.45, 7) is 0.971. The SMILES string of the molecule is NCc1ccc(OCc2ccc(Br)o2)cc1. The smallest absolute Gasteiger partial charge is 0.169 e. The van der Waals surface area contributed by atoms with E-state index in [1.54, 1.807) is 0 Å². The molecule has 0 aliphatic carbocycles. The van der Waals surface area contributed by atoms with Gasteiger partial charge < -0.3 is 14.9 Å². The van der Waals surface area contributed by atoms with Gasteiger partial charge in [0.15, 0.2) is 4.67 Å². The van der Waals surface area contributed by atoms with E-state index in [-0.39, 0.29) is 0 Å². The van der Waals surface area contributed by atoms with Crippen LogP contribution in [-0.2, 0) is 13.2 Å². The lowest BCUT2D eigenvalue weighted by Gasteiger charge is -2.04. The van der Waals surface area contributed by atoms with Crippen LogP contribution in [-0.4, -0.2) is 0 Å². The Kier molecular flexibility index (Phi) is 3.64. The van der Waals surface area contributed by atoms with Crippen molar-refractivity contribution in [1.29, 1.82) is 0 Å². The fourth-order valence-corrected chi connectivity index (χ4v) is 1.65. The Bertz CT molecular complexity index is 450. The van der Waals surface area contributed by atoms with E-state index in [0.717, 1.165) is 17.1 Å². The lowest BCUT2D eigenvalue weighted by molar-refractivity contribution is 0.267. The summed E-state index contributed by atoms with van der Waals surface area (Å²) in [5.74, 6) is 1.60. The molecule has 0 aliphatic rings. The van der Waals surface area contributed by atoms with E-state index >= 15 is 0 Å². The Balaban J connectivity index is 1.94. The normalized spacial score (nSPS) is 10.4. The summed E-state index contributed by atoms with van der Waals surface area (Å²) < 4.78 is 11.6. The van der Waals surface area contributed by atoms with Crippen molar-refractivity contribution in [3.8, 4) is 5.75 Å². The first kappa shape index (κ1) is 11.2. The second-order valence-corrected chi connectivity index (χ2v) is 4.12. The zero-order valence-electron chi connectivity index (χ0n) is 8.65. The third-order valence-corrected chi connectivity index (χ3v) is 2.60. The molecule has 3 nitrogen and oxygen atoms in total. The number of rotatable bonds is 4. The van der Waals surface area contributed by atoms with Gasteiger partial charge in [-0.2, -0.15) is 0 Å². The van der Waals surface area contributed by atoms with Crippen LogP contribution in [0.2, 0.25) is 0 Å². The molecule has 2 N–H and O–H groups in total.